The van der Waals surface area contributed by atoms with Crippen molar-refractivity contribution in [2.75, 3.05) is 0 Å². The van der Waals surface area contributed by atoms with Gasteiger partial charge >= 0.3 is 6.03 Å². The maximum Gasteiger partial charge on any atom is 0.329 e. The highest BCUT2D eigenvalue weighted by atomic mass is 35.5. The standard InChI is InChI=1S/C19H19Cl2N3O2/c1-11(2)23-9-13(6-12(23)3)7-17-18(25)24(19(26)22-17)10-14-4-5-15(20)8-16(14)21/h4-9,11H,10H2,1-3H3,(H,22,26)/b17-7+. The molecular weight excluding hydrogens is 373 g/mol. The molecule has 2 aromatic rings. The Bertz CT molecular complexity index is 916. The first kappa shape index (κ1) is 18.5. The average Bonchev–Trinajstić information content (AvgIpc) is 3.04. The first-order valence-corrected chi connectivity index (χ1v) is 8.99. The molecule has 26 heavy (non-hydrogen) atoms. The van der Waals surface area contributed by atoms with E-state index in [0.717, 1.165) is 16.2 Å². The van der Waals surface area contributed by atoms with Gasteiger partial charge in [0.15, 0.2) is 0 Å². The van der Waals surface area contributed by atoms with Gasteiger partial charge in [0.25, 0.3) is 5.91 Å². The van der Waals surface area contributed by atoms with Crippen molar-refractivity contribution in [1.29, 1.82) is 0 Å². The minimum Gasteiger partial charge on any atom is -0.349 e. The highest BCUT2D eigenvalue weighted by Gasteiger charge is 2.34. The molecule has 3 amide bonds. The zero-order valence-corrected chi connectivity index (χ0v) is 16.2. The smallest absolute Gasteiger partial charge is 0.329 e. The molecule has 0 aliphatic carbocycles. The third-order valence-corrected chi connectivity index (χ3v) is 4.83. The second-order valence-electron chi connectivity index (χ2n) is 6.53. The second-order valence-corrected chi connectivity index (χ2v) is 7.37. The highest BCUT2D eigenvalue weighted by molar-refractivity contribution is 6.35. The number of rotatable bonds is 4. The van der Waals surface area contributed by atoms with Gasteiger partial charge in [-0.2, -0.15) is 0 Å². The van der Waals surface area contributed by atoms with E-state index in [2.05, 4.69) is 23.7 Å². The fraction of sp³-hybridized carbons (Fsp3) is 0.263. The van der Waals surface area contributed by atoms with Crippen molar-refractivity contribution in [3.05, 3.63) is 63.0 Å². The second kappa shape index (κ2) is 7.17. The van der Waals surface area contributed by atoms with Crippen LogP contribution in [0.3, 0.4) is 0 Å². The molecule has 0 radical (unpaired) electrons. The molecular formula is C19H19Cl2N3O2. The summed E-state index contributed by atoms with van der Waals surface area (Å²) >= 11 is 12.0. The van der Waals surface area contributed by atoms with E-state index in [0.29, 0.717) is 21.7 Å². The van der Waals surface area contributed by atoms with Gasteiger partial charge in [0.2, 0.25) is 0 Å². The molecule has 3 rings (SSSR count). The van der Waals surface area contributed by atoms with Crippen molar-refractivity contribution in [2.45, 2.75) is 33.4 Å². The Morgan fingerprint density at radius 3 is 2.54 bits per heavy atom. The number of nitrogens with zero attached hydrogens (tertiary/aromatic N) is 2. The Hall–Kier alpha value is -2.24. The number of aryl methyl sites for hydroxylation is 1. The minimum atomic E-state index is -0.465. The quantitative estimate of drug-likeness (QED) is 0.602. The Labute approximate surface area is 162 Å². The van der Waals surface area contributed by atoms with Crippen molar-refractivity contribution in [3.8, 4) is 0 Å². The van der Waals surface area contributed by atoms with E-state index in [1.807, 2.05) is 19.2 Å². The number of hydrogen-bond donors (Lipinski definition) is 1. The average molecular weight is 392 g/mol. The van der Waals surface area contributed by atoms with Crippen LogP contribution in [0.4, 0.5) is 4.79 Å². The Kier molecular flexibility index (Phi) is 5.12. The molecule has 1 aliphatic heterocycles. The number of carbonyl (C=O) groups is 2. The first-order chi connectivity index (χ1) is 12.3. The van der Waals surface area contributed by atoms with Crippen LogP contribution in [0.25, 0.3) is 6.08 Å². The van der Waals surface area contributed by atoms with Gasteiger partial charge in [-0.15, -0.1) is 0 Å². The number of aromatic nitrogens is 1. The van der Waals surface area contributed by atoms with Crippen LogP contribution in [0, 0.1) is 6.92 Å². The largest absolute Gasteiger partial charge is 0.349 e. The van der Waals surface area contributed by atoms with Crippen LogP contribution < -0.4 is 5.32 Å². The van der Waals surface area contributed by atoms with Gasteiger partial charge in [-0.25, -0.2) is 4.79 Å². The molecule has 0 bridgehead atoms. The summed E-state index contributed by atoms with van der Waals surface area (Å²) in [4.78, 5) is 26.0. The number of hydrogen-bond acceptors (Lipinski definition) is 2. The molecule has 7 heteroatoms. The molecule has 1 N–H and O–H groups in total. The lowest BCUT2D eigenvalue weighted by Gasteiger charge is -2.13. The van der Waals surface area contributed by atoms with E-state index in [-0.39, 0.29) is 18.1 Å². The van der Waals surface area contributed by atoms with Crippen LogP contribution in [0.2, 0.25) is 10.0 Å². The van der Waals surface area contributed by atoms with E-state index in [4.69, 9.17) is 23.2 Å². The zero-order chi connectivity index (χ0) is 19.0. The van der Waals surface area contributed by atoms with Crippen LogP contribution in [0.5, 0.6) is 0 Å². The van der Waals surface area contributed by atoms with Crippen molar-refractivity contribution in [1.82, 2.24) is 14.8 Å². The number of imide groups is 1. The van der Waals surface area contributed by atoms with Crippen molar-refractivity contribution < 1.29 is 9.59 Å². The lowest BCUT2D eigenvalue weighted by Crippen LogP contribution is -2.30. The number of urea groups is 1. The fourth-order valence-corrected chi connectivity index (χ4v) is 3.42. The third kappa shape index (κ3) is 3.64. The monoisotopic (exact) mass is 391 g/mol. The fourth-order valence-electron chi connectivity index (χ4n) is 2.95. The summed E-state index contributed by atoms with van der Waals surface area (Å²) in [7, 11) is 0. The van der Waals surface area contributed by atoms with Crippen LogP contribution in [-0.4, -0.2) is 21.4 Å². The summed E-state index contributed by atoms with van der Waals surface area (Å²) in [6, 6.07) is 6.80. The normalized spacial score (nSPS) is 16.1. The predicted octanol–water partition coefficient (Wildman–Crippen LogP) is 4.78. The summed E-state index contributed by atoms with van der Waals surface area (Å²) in [5, 5.41) is 3.55. The summed E-state index contributed by atoms with van der Waals surface area (Å²) in [5.41, 5.74) is 2.86. The number of benzene rings is 1. The van der Waals surface area contributed by atoms with Gasteiger partial charge in [0.05, 0.1) is 6.54 Å². The van der Waals surface area contributed by atoms with Crippen molar-refractivity contribution in [3.63, 3.8) is 0 Å². The molecule has 0 atom stereocenters. The molecule has 0 spiro atoms. The molecule has 136 valence electrons. The highest BCUT2D eigenvalue weighted by Crippen LogP contribution is 2.25. The number of carbonyl (C=O) groups excluding carboxylic acids is 2. The topological polar surface area (TPSA) is 54.3 Å². The summed E-state index contributed by atoms with van der Waals surface area (Å²) in [6.45, 7) is 6.27. The molecule has 1 fully saturated rings. The Morgan fingerprint density at radius 2 is 1.92 bits per heavy atom. The first-order valence-electron chi connectivity index (χ1n) is 8.23. The van der Waals surface area contributed by atoms with Gasteiger partial charge < -0.3 is 9.88 Å². The molecule has 0 saturated carbocycles. The molecule has 5 nitrogen and oxygen atoms in total. The lowest BCUT2D eigenvalue weighted by atomic mass is 10.2. The third-order valence-electron chi connectivity index (χ3n) is 4.24. The number of amides is 3. The van der Waals surface area contributed by atoms with Crippen molar-refractivity contribution >= 4 is 41.2 Å². The van der Waals surface area contributed by atoms with Crippen LogP contribution >= 0.6 is 23.2 Å². The molecule has 1 saturated heterocycles. The van der Waals surface area contributed by atoms with E-state index >= 15 is 0 Å². The van der Waals surface area contributed by atoms with E-state index in [1.165, 1.54) is 0 Å². The minimum absolute atomic E-state index is 0.0873. The van der Waals surface area contributed by atoms with Gasteiger partial charge in [-0.05, 0) is 56.2 Å². The van der Waals surface area contributed by atoms with Crippen LogP contribution in [-0.2, 0) is 11.3 Å². The zero-order valence-electron chi connectivity index (χ0n) is 14.7. The summed E-state index contributed by atoms with van der Waals surface area (Å²) in [5.74, 6) is -0.379. The molecule has 1 aliphatic rings. The van der Waals surface area contributed by atoms with Crippen LogP contribution in [0.1, 0.15) is 36.7 Å². The van der Waals surface area contributed by atoms with Gasteiger partial charge in [0, 0.05) is 28.0 Å². The SMILES string of the molecule is Cc1cc(/C=C2/NC(=O)N(Cc3ccc(Cl)cc3Cl)C2=O)cn1C(C)C. The molecule has 1 aromatic heterocycles. The number of halogens is 2. The summed E-state index contributed by atoms with van der Waals surface area (Å²) in [6.07, 6.45) is 3.65. The maximum atomic E-state index is 12.6. The van der Waals surface area contributed by atoms with E-state index < -0.39 is 6.03 Å². The summed E-state index contributed by atoms with van der Waals surface area (Å²) < 4.78 is 2.11. The van der Waals surface area contributed by atoms with Crippen LogP contribution in [0.15, 0.2) is 36.2 Å². The Morgan fingerprint density at radius 1 is 1.19 bits per heavy atom. The number of nitrogens with one attached hydrogen (secondary N) is 1. The predicted molar refractivity (Wildman–Crippen MR) is 103 cm³/mol. The lowest BCUT2D eigenvalue weighted by molar-refractivity contribution is -0.123. The van der Waals surface area contributed by atoms with Gasteiger partial charge in [-0.1, -0.05) is 29.3 Å². The van der Waals surface area contributed by atoms with Crippen molar-refractivity contribution in [2.24, 2.45) is 0 Å². The maximum absolute atomic E-state index is 12.6. The molecule has 2 heterocycles. The molecule has 1 aromatic carbocycles. The van der Waals surface area contributed by atoms with Gasteiger partial charge in [-0.3, -0.25) is 9.69 Å². The van der Waals surface area contributed by atoms with Gasteiger partial charge in [0.1, 0.15) is 5.70 Å². The Balaban J connectivity index is 1.83. The van der Waals surface area contributed by atoms with E-state index in [1.54, 1.807) is 24.3 Å². The molecule has 0 unspecified atom stereocenters. The van der Waals surface area contributed by atoms with E-state index in [9.17, 15) is 9.59 Å².